The summed E-state index contributed by atoms with van der Waals surface area (Å²) in [4.78, 5) is 18.7. The van der Waals surface area contributed by atoms with Gasteiger partial charge in [0.1, 0.15) is 5.69 Å². The molecule has 1 aliphatic heterocycles. The minimum absolute atomic E-state index is 0.0842. The highest BCUT2D eigenvalue weighted by Gasteiger charge is 2.24. The van der Waals surface area contributed by atoms with Crippen molar-refractivity contribution in [3.8, 4) is 0 Å². The maximum absolute atomic E-state index is 12.5. The number of pyridine rings is 1. The van der Waals surface area contributed by atoms with Gasteiger partial charge >= 0.3 is 0 Å². The van der Waals surface area contributed by atoms with E-state index in [1.165, 1.54) is 0 Å². The highest BCUT2D eigenvalue weighted by molar-refractivity contribution is 6.35. The smallest absolute Gasteiger partial charge is 0.272 e. The lowest BCUT2D eigenvalue weighted by molar-refractivity contribution is 0.0645. The molecule has 2 heterocycles. The van der Waals surface area contributed by atoms with Crippen molar-refractivity contribution >= 4 is 28.4 Å². The van der Waals surface area contributed by atoms with Crippen LogP contribution in [0, 0.1) is 5.92 Å². The Labute approximate surface area is 128 Å². The van der Waals surface area contributed by atoms with E-state index in [0.29, 0.717) is 29.7 Å². The number of halogens is 1. The van der Waals surface area contributed by atoms with Crippen LogP contribution in [0.25, 0.3) is 10.9 Å². The van der Waals surface area contributed by atoms with Crippen molar-refractivity contribution in [3.63, 3.8) is 0 Å². The number of amides is 1. The third-order valence-corrected chi connectivity index (χ3v) is 4.36. The zero-order valence-corrected chi connectivity index (χ0v) is 12.4. The van der Waals surface area contributed by atoms with Crippen LogP contribution < -0.4 is 0 Å². The minimum Gasteiger partial charge on any atom is -0.396 e. The normalized spacial score (nSPS) is 16.4. The van der Waals surface area contributed by atoms with E-state index in [4.69, 9.17) is 16.7 Å². The van der Waals surface area contributed by atoms with Crippen LogP contribution in [-0.2, 0) is 0 Å². The summed E-state index contributed by atoms with van der Waals surface area (Å²) < 4.78 is 0. The van der Waals surface area contributed by atoms with Crippen molar-refractivity contribution in [2.45, 2.75) is 12.8 Å². The number of para-hydroxylation sites is 1. The molecular weight excluding hydrogens is 288 g/mol. The Morgan fingerprint density at radius 2 is 2.05 bits per heavy atom. The summed E-state index contributed by atoms with van der Waals surface area (Å²) in [5, 5.41) is 10.6. The molecule has 5 heteroatoms. The molecule has 0 atom stereocenters. The Balaban J connectivity index is 1.85. The molecule has 1 aliphatic rings. The minimum atomic E-state index is -0.0842. The topological polar surface area (TPSA) is 53.4 Å². The van der Waals surface area contributed by atoms with Crippen LogP contribution >= 0.6 is 11.6 Å². The number of hydrogen-bond acceptors (Lipinski definition) is 3. The van der Waals surface area contributed by atoms with Gasteiger partial charge in [0.15, 0.2) is 0 Å². The van der Waals surface area contributed by atoms with Crippen LogP contribution in [0.15, 0.2) is 30.3 Å². The Kier molecular flexibility index (Phi) is 4.08. The number of fused-ring (bicyclic) bond motifs is 1. The molecule has 0 radical (unpaired) electrons. The van der Waals surface area contributed by atoms with Crippen LogP contribution in [0.1, 0.15) is 23.3 Å². The van der Waals surface area contributed by atoms with Crippen molar-refractivity contribution in [2.75, 3.05) is 19.7 Å². The van der Waals surface area contributed by atoms with Crippen LogP contribution in [0.2, 0.25) is 5.02 Å². The van der Waals surface area contributed by atoms with Crippen LogP contribution in [-0.4, -0.2) is 40.6 Å². The van der Waals surface area contributed by atoms with Gasteiger partial charge < -0.3 is 10.0 Å². The standard InChI is InChI=1S/C16H17ClN2O2/c17-13-9-15(18-14-4-2-1-3-12(13)14)16(21)19-7-5-11(10-20)6-8-19/h1-4,9,11,20H,5-8,10H2. The van der Waals surface area contributed by atoms with Gasteiger partial charge in [-0.1, -0.05) is 29.8 Å². The predicted molar refractivity (Wildman–Crippen MR) is 82.5 cm³/mol. The van der Waals surface area contributed by atoms with Crippen molar-refractivity contribution < 1.29 is 9.90 Å². The van der Waals surface area contributed by atoms with Gasteiger partial charge in [-0.2, -0.15) is 0 Å². The van der Waals surface area contributed by atoms with E-state index in [9.17, 15) is 4.79 Å². The average molecular weight is 305 g/mol. The first-order valence-corrected chi connectivity index (χ1v) is 7.52. The molecule has 1 aromatic heterocycles. The average Bonchev–Trinajstić information content (AvgIpc) is 2.54. The fourth-order valence-electron chi connectivity index (χ4n) is 2.72. The number of aromatic nitrogens is 1. The van der Waals surface area contributed by atoms with Gasteiger partial charge in [-0.15, -0.1) is 0 Å². The van der Waals surface area contributed by atoms with Gasteiger partial charge in [-0.05, 0) is 30.9 Å². The largest absolute Gasteiger partial charge is 0.396 e. The molecule has 4 nitrogen and oxygen atoms in total. The molecule has 110 valence electrons. The molecule has 2 aromatic rings. The van der Waals surface area contributed by atoms with Crippen molar-refractivity contribution in [1.82, 2.24) is 9.88 Å². The number of aliphatic hydroxyl groups excluding tert-OH is 1. The first-order chi connectivity index (χ1) is 10.2. The Bertz CT molecular complexity index is 666. The Morgan fingerprint density at radius 1 is 1.33 bits per heavy atom. The van der Waals surface area contributed by atoms with Gasteiger partial charge in [0.25, 0.3) is 5.91 Å². The highest BCUT2D eigenvalue weighted by Crippen LogP contribution is 2.24. The van der Waals surface area contributed by atoms with Crippen molar-refractivity contribution in [3.05, 3.63) is 41.0 Å². The van der Waals surface area contributed by atoms with E-state index in [1.807, 2.05) is 24.3 Å². The van der Waals surface area contributed by atoms with E-state index in [1.54, 1.807) is 11.0 Å². The summed E-state index contributed by atoms with van der Waals surface area (Å²) in [6.45, 7) is 1.52. The Hall–Kier alpha value is -1.65. The molecule has 1 amide bonds. The fraction of sp³-hybridized carbons (Fsp3) is 0.375. The summed E-state index contributed by atoms with van der Waals surface area (Å²) in [5.74, 6) is 0.223. The summed E-state index contributed by atoms with van der Waals surface area (Å²) in [7, 11) is 0. The number of nitrogens with zero attached hydrogens (tertiary/aromatic N) is 2. The number of hydrogen-bond donors (Lipinski definition) is 1. The second-order valence-corrected chi connectivity index (χ2v) is 5.83. The zero-order chi connectivity index (χ0) is 14.8. The zero-order valence-electron chi connectivity index (χ0n) is 11.6. The molecule has 0 bridgehead atoms. The van der Waals surface area contributed by atoms with Gasteiger partial charge in [0, 0.05) is 25.1 Å². The monoisotopic (exact) mass is 304 g/mol. The number of carbonyl (C=O) groups is 1. The van der Waals surface area contributed by atoms with Crippen molar-refractivity contribution in [1.29, 1.82) is 0 Å². The maximum Gasteiger partial charge on any atom is 0.272 e. The number of likely N-dealkylation sites (tertiary alicyclic amines) is 1. The number of piperidine rings is 1. The molecule has 1 fully saturated rings. The summed E-state index contributed by atoms with van der Waals surface area (Å²) in [6, 6.07) is 9.18. The maximum atomic E-state index is 12.5. The van der Waals surface area contributed by atoms with E-state index < -0.39 is 0 Å². The Morgan fingerprint density at radius 3 is 2.76 bits per heavy atom. The lowest BCUT2D eigenvalue weighted by atomic mass is 9.97. The van der Waals surface area contributed by atoms with Crippen LogP contribution in [0.5, 0.6) is 0 Å². The molecule has 0 spiro atoms. The highest BCUT2D eigenvalue weighted by atomic mass is 35.5. The molecule has 1 aromatic carbocycles. The number of rotatable bonds is 2. The predicted octanol–water partition coefficient (Wildman–Crippen LogP) is 2.73. The molecule has 0 aliphatic carbocycles. The lowest BCUT2D eigenvalue weighted by Crippen LogP contribution is -2.39. The first kappa shape index (κ1) is 14.3. The molecule has 0 unspecified atom stereocenters. The van der Waals surface area contributed by atoms with Gasteiger partial charge in [0.2, 0.25) is 0 Å². The van der Waals surface area contributed by atoms with E-state index in [-0.39, 0.29) is 12.5 Å². The quantitative estimate of drug-likeness (QED) is 0.928. The lowest BCUT2D eigenvalue weighted by Gasteiger charge is -2.30. The van der Waals surface area contributed by atoms with Crippen LogP contribution in [0.3, 0.4) is 0 Å². The second kappa shape index (κ2) is 6.00. The SMILES string of the molecule is O=C(c1cc(Cl)c2ccccc2n1)N1CCC(CO)CC1. The summed E-state index contributed by atoms with van der Waals surface area (Å²) in [5.41, 5.74) is 1.12. The molecule has 21 heavy (non-hydrogen) atoms. The van der Waals surface area contributed by atoms with Gasteiger partial charge in [-0.3, -0.25) is 4.79 Å². The summed E-state index contributed by atoms with van der Waals surface area (Å²) >= 11 is 6.25. The number of benzene rings is 1. The van der Waals surface area contributed by atoms with Crippen LogP contribution in [0.4, 0.5) is 0 Å². The van der Waals surface area contributed by atoms with E-state index in [0.717, 1.165) is 23.7 Å². The van der Waals surface area contributed by atoms with Gasteiger partial charge in [-0.25, -0.2) is 4.98 Å². The third-order valence-electron chi connectivity index (χ3n) is 4.04. The molecule has 1 N–H and O–H groups in total. The third kappa shape index (κ3) is 2.87. The van der Waals surface area contributed by atoms with Crippen molar-refractivity contribution in [2.24, 2.45) is 5.92 Å². The second-order valence-electron chi connectivity index (χ2n) is 5.42. The number of carbonyl (C=O) groups excluding carboxylic acids is 1. The molecule has 3 rings (SSSR count). The molecule has 0 saturated carbocycles. The molecular formula is C16H17ClN2O2. The fourth-order valence-corrected chi connectivity index (χ4v) is 2.99. The van der Waals surface area contributed by atoms with E-state index >= 15 is 0 Å². The number of aliphatic hydroxyl groups is 1. The molecule has 1 saturated heterocycles. The van der Waals surface area contributed by atoms with E-state index in [2.05, 4.69) is 4.98 Å². The first-order valence-electron chi connectivity index (χ1n) is 7.14. The van der Waals surface area contributed by atoms with Gasteiger partial charge in [0.05, 0.1) is 10.5 Å². The summed E-state index contributed by atoms with van der Waals surface area (Å²) in [6.07, 6.45) is 1.67.